The number of nitrogens with zero attached hydrogens (tertiary/aromatic N) is 3. The second-order valence-electron chi connectivity index (χ2n) is 8.09. The number of nitro benzene ring substituents is 1. The van der Waals surface area contributed by atoms with E-state index in [1.165, 1.54) is 11.6 Å². The number of ether oxygens (including phenoxy) is 1. The third-order valence-corrected chi connectivity index (χ3v) is 5.21. The summed E-state index contributed by atoms with van der Waals surface area (Å²) >= 11 is 0. The van der Waals surface area contributed by atoms with E-state index in [-0.39, 0.29) is 24.0 Å². The van der Waals surface area contributed by atoms with Gasteiger partial charge in [-0.1, -0.05) is 48.0 Å². The number of amides is 1. The molecule has 4 aromatic rings. The predicted molar refractivity (Wildman–Crippen MR) is 129 cm³/mol. The summed E-state index contributed by atoms with van der Waals surface area (Å²) in [5.74, 6) is -0.0928. The smallest absolute Gasteiger partial charge is 0.311 e. The molecule has 4 rings (SSSR count). The highest BCUT2D eigenvalue weighted by molar-refractivity contribution is 6.04. The number of carbonyl (C=O) groups excluding carboxylic acids is 1. The van der Waals surface area contributed by atoms with Crippen LogP contribution in [-0.4, -0.2) is 20.6 Å². The molecule has 34 heavy (non-hydrogen) atoms. The van der Waals surface area contributed by atoms with Gasteiger partial charge in [-0.2, -0.15) is 5.10 Å². The Morgan fingerprint density at radius 1 is 1.03 bits per heavy atom. The maximum absolute atomic E-state index is 12.8. The standard InChI is InChI=1S/C26H24N4O4/c1-18-5-3-6-20(11-18)15-29-16-23(14-27-29)28-26(31)22-8-4-7-21(13-22)17-34-25-10-9-19(2)12-24(25)30(32)33/h3-14,16H,15,17H2,1-2H3,(H,28,31). The Bertz CT molecular complexity index is 1350. The van der Waals surface area contributed by atoms with E-state index in [0.717, 1.165) is 16.7 Å². The number of nitrogens with one attached hydrogen (secondary N) is 1. The summed E-state index contributed by atoms with van der Waals surface area (Å²) < 4.78 is 7.44. The normalized spacial score (nSPS) is 10.6. The first-order chi connectivity index (χ1) is 16.4. The van der Waals surface area contributed by atoms with Crippen molar-refractivity contribution in [1.29, 1.82) is 0 Å². The number of aromatic nitrogens is 2. The maximum atomic E-state index is 12.8. The van der Waals surface area contributed by atoms with Crippen molar-refractivity contribution >= 4 is 17.3 Å². The molecule has 0 unspecified atom stereocenters. The van der Waals surface area contributed by atoms with E-state index in [9.17, 15) is 14.9 Å². The van der Waals surface area contributed by atoms with Crippen LogP contribution in [0.15, 0.2) is 79.1 Å². The van der Waals surface area contributed by atoms with Crippen molar-refractivity contribution in [3.05, 3.63) is 117 Å². The van der Waals surface area contributed by atoms with Gasteiger partial charge in [0, 0.05) is 17.8 Å². The fourth-order valence-corrected chi connectivity index (χ4v) is 3.57. The quantitative estimate of drug-likeness (QED) is 0.287. The van der Waals surface area contributed by atoms with E-state index in [1.54, 1.807) is 60.4 Å². The minimum atomic E-state index is -0.467. The van der Waals surface area contributed by atoms with Crippen LogP contribution in [0.5, 0.6) is 5.75 Å². The van der Waals surface area contributed by atoms with Crippen molar-refractivity contribution < 1.29 is 14.5 Å². The van der Waals surface area contributed by atoms with Gasteiger partial charge in [-0.3, -0.25) is 19.6 Å². The molecule has 3 aromatic carbocycles. The first-order valence-corrected chi connectivity index (χ1v) is 10.7. The number of benzene rings is 3. The second-order valence-corrected chi connectivity index (χ2v) is 8.09. The van der Waals surface area contributed by atoms with Crippen LogP contribution in [0.4, 0.5) is 11.4 Å². The van der Waals surface area contributed by atoms with Gasteiger partial charge in [0.25, 0.3) is 5.91 Å². The van der Waals surface area contributed by atoms with E-state index in [0.29, 0.717) is 17.8 Å². The fourth-order valence-electron chi connectivity index (χ4n) is 3.57. The lowest BCUT2D eigenvalue weighted by atomic mass is 10.1. The molecular weight excluding hydrogens is 432 g/mol. The van der Waals surface area contributed by atoms with Crippen molar-refractivity contribution in [2.45, 2.75) is 27.0 Å². The number of hydrogen-bond donors (Lipinski definition) is 1. The highest BCUT2D eigenvalue weighted by Crippen LogP contribution is 2.28. The highest BCUT2D eigenvalue weighted by atomic mass is 16.6. The maximum Gasteiger partial charge on any atom is 0.311 e. The third-order valence-electron chi connectivity index (χ3n) is 5.21. The molecular formula is C26H24N4O4. The van der Waals surface area contributed by atoms with Crippen LogP contribution in [0.2, 0.25) is 0 Å². The van der Waals surface area contributed by atoms with E-state index in [1.807, 2.05) is 25.1 Å². The summed E-state index contributed by atoms with van der Waals surface area (Å²) in [5, 5.41) is 18.5. The molecule has 1 N–H and O–H groups in total. The number of anilines is 1. The molecule has 8 heteroatoms. The number of nitro groups is 1. The first-order valence-electron chi connectivity index (χ1n) is 10.7. The molecule has 0 fully saturated rings. The average Bonchev–Trinajstić information content (AvgIpc) is 3.24. The monoisotopic (exact) mass is 456 g/mol. The van der Waals surface area contributed by atoms with Crippen molar-refractivity contribution in [3.63, 3.8) is 0 Å². The van der Waals surface area contributed by atoms with Crippen LogP contribution >= 0.6 is 0 Å². The Balaban J connectivity index is 1.40. The van der Waals surface area contributed by atoms with Crippen molar-refractivity contribution in [2.24, 2.45) is 0 Å². The molecule has 1 aromatic heterocycles. The van der Waals surface area contributed by atoms with Crippen LogP contribution < -0.4 is 10.1 Å². The Morgan fingerprint density at radius 2 is 1.79 bits per heavy atom. The summed E-state index contributed by atoms with van der Waals surface area (Å²) in [6, 6.07) is 19.9. The fraction of sp³-hybridized carbons (Fsp3) is 0.154. The number of hydrogen-bond acceptors (Lipinski definition) is 5. The molecule has 8 nitrogen and oxygen atoms in total. The Labute approximate surface area is 197 Å². The van der Waals surface area contributed by atoms with Crippen LogP contribution in [0, 0.1) is 24.0 Å². The summed E-state index contributed by atoms with van der Waals surface area (Å²) in [5.41, 5.74) is 4.76. The lowest BCUT2D eigenvalue weighted by Gasteiger charge is -2.09. The largest absolute Gasteiger partial charge is 0.482 e. The molecule has 0 aliphatic carbocycles. The number of carbonyl (C=O) groups is 1. The molecule has 0 atom stereocenters. The van der Waals surface area contributed by atoms with E-state index in [2.05, 4.69) is 16.5 Å². The minimum absolute atomic E-state index is 0.0865. The number of rotatable bonds is 8. The van der Waals surface area contributed by atoms with Gasteiger partial charge in [-0.15, -0.1) is 0 Å². The van der Waals surface area contributed by atoms with Crippen molar-refractivity contribution in [2.75, 3.05) is 5.32 Å². The van der Waals surface area contributed by atoms with Crippen LogP contribution in [0.1, 0.15) is 32.6 Å². The first kappa shape index (κ1) is 22.7. The van der Waals surface area contributed by atoms with Crippen LogP contribution in [-0.2, 0) is 13.2 Å². The van der Waals surface area contributed by atoms with E-state index >= 15 is 0 Å². The summed E-state index contributed by atoms with van der Waals surface area (Å²) in [7, 11) is 0. The van der Waals surface area contributed by atoms with Crippen LogP contribution in [0.3, 0.4) is 0 Å². The van der Waals surface area contributed by atoms with Gasteiger partial charge in [0.05, 0.1) is 23.4 Å². The zero-order valence-corrected chi connectivity index (χ0v) is 18.9. The molecule has 0 aliphatic heterocycles. The highest BCUT2D eigenvalue weighted by Gasteiger charge is 2.15. The average molecular weight is 457 g/mol. The molecule has 1 amide bonds. The molecule has 0 bridgehead atoms. The summed E-state index contributed by atoms with van der Waals surface area (Å²) in [6.07, 6.45) is 3.39. The number of aryl methyl sites for hydroxylation is 2. The van der Waals surface area contributed by atoms with Crippen LogP contribution in [0.25, 0.3) is 0 Å². The lowest BCUT2D eigenvalue weighted by molar-refractivity contribution is -0.386. The molecule has 0 spiro atoms. The molecule has 0 saturated carbocycles. The predicted octanol–water partition coefficient (Wildman–Crippen LogP) is 5.29. The summed E-state index contributed by atoms with van der Waals surface area (Å²) in [6.45, 7) is 4.53. The van der Waals surface area contributed by atoms with Gasteiger partial charge in [0.1, 0.15) is 6.61 Å². The van der Waals surface area contributed by atoms with Crippen molar-refractivity contribution in [1.82, 2.24) is 9.78 Å². The minimum Gasteiger partial charge on any atom is -0.482 e. The molecule has 172 valence electrons. The van der Waals surface area contributed by atoms with E-state index in [4.69, 9.17) is 4.74 Å². The van der Waals surface area contributed by atoms with Gasteiger partial charge in [-0.25, -0.2) is 0 Å². The van der Waals surface area contributed by atoms with Gasteiger partial charge >= 0.3 is 5.69 Å². The molecule has 0 saturated heterocycles. The van der Waals surface area contributed by atoms with Gasteiger partial charge in [-0.05, 0) is 48.7 Å². The van der Waals surface area contributed by atoms with Gasteiger partial charge in [0.2, 0.25) is 0 Å². The Hall–Kier alpha value is -4.46. The molecule has 0 radical (unpaired) electrons. The van der Waals surface area contributed by atoms with Gasteiger partial charge in [0.15, 0.2) is 5.75 Å². The SMILES string of the molecule is Cc1cccc(Cn2cc(NC(=O)c3cccc(COc4ccc(C)cc4[N+](=O)[O-])c3)cn2)c1. The second kappa shape index (κ2) is 9.99. The Kier molecular flexibility index (Phi) is 6.68. The Morgan fingerprint density at radius 3 is 2.59 bits per heavy atom. The zero-order valence-electron chi connectivity index (χ0n) is 18.9. The van der Waals surface area contributed by atoms with Gasteiger partial charge < -0.3 is 10.1 Å². The molecule has 0 aliphatic rings. The topological polar surface area (TPSA) is 99.3 Å². The lowest BCUT2D eigenvalue weighted by Crippen LogP contribution is -2.12. The third kappa shape index (κ3) is 5.66. The summed E-state index contributed by atoms with van der Waals surface area (Å²) in [4.78, 5) is 23.6. The zero-order chi connectivity index (χ0) is 24.1. The van der Waals surface area contributed by atoms with Crippen molar-refractivity contribution in [3.8, 4) is 5.75 Å². The molecule has 1 heterocycles. The van der Waals surface area contributed by atoms with E-state index < -0.39 is 4.92 Å².